The molecule has 1 aliphatic rings. The van der Waals surface area contributed by atoms with Crippen molar-refractivity contribution in [1.82, 2.24) is 19.4 Å². The fraction of sp³-hybridized carbons (Fsp3) is 0.444. The van der Waals surface area contributed by atoms with Crippen LogP contribution in [0.25, 0.3) is 11.0 Å². The molecule has 0 bridgehead atoms. The number of aromatic nitrogens is 2. The Hall–Kier alpha value is -3.71. The Labute approximate surface area is 300 Å². The number of fused-ring (bicyclic) bond motifs is 1. The van der Waals surface area contributed by atoms with Crippen molar-refractivity contribution in [3.05, 3.63) is 81.8 Å². The van der Waals surface area contributed by atoms with Gasteiger partial charge in [0.2, 0.25) is 5.95 Å². The van der Waals surface area contributed by atoms with Crippen LogP contribution in [0, 0.1) is 0 Å². The number of halogens is 5. The van der Waals surface area contributed by atoms with Crippen molar-refractivity contribution in [2.75, 3.05) is 71.5 Å². The number of methoxy groups -OCH3 is 1. The predicted octanol–water partition coefficient (Wildman–Crippen LogP) is 7.75. The van der Waals surface area contributed by atoms with Crippen molar-refractivity contribution in [2.45, 2.75) is 38.6 Å². The number of rotatable bonds is 14. The molecule has 1 aliphatic heterocycles. The average Bonchev–Trinajstić information content (AvgIpc) is 3.28. The zero-order chi connectivity index (χ0) is 35.8. The van der Waals surface area contributed by atoms with E-state index < -0.39 is 18.0 Å². The van der Waals surface area contributed by atoms with Crippen LogP contribution in [0.3, 0.4) is 0 Å². The second-order valence-corrected chi connectivity index (χ2v) is 13.0. The maximum absolute atomic E-state index is 13.7. The molecule has 0 saturated carbocycles. The molecule has 1 saturated heterocycles. The summed E-state index contributed by atoms with van der Waals surface area (Å²) in [6.45, 7) is 8.36. The number of likely N-dealkylation sites (N-methyl/N-ethyl adjacent to an activating group) is 1. The molecule has 3 aromatic carbocycles. The molecule has 50 heavy (non-hydrogen) atoms. The minimum Gasteiger partial charge on any atom is -0.496 e. The number of amides is 1. The number of alkyl halides is 3. The normalized spacial score (nSPS) is 14.8. The van der Waals surface area contributed by atoms with E-state index in [2.05, 4.69) is 25.2 Å². The number of hydrogen-bond acceptors (Lipinski definition) is 7. The third kappa shape index (κ3) is 9.54. The Morgan fingerprint density at radius 2 is 1.80 bits per heavy atom. The molecule has 1 unspecified atom stereocenters. The number of ether oxygens (including phenoxy) is 3. The number of carbonyl (C=O) groups excluding carboxylic acids is 1. The van der Waals surface area contributed by atoms with E-state index in [4.69, 9.17) is 37.7 Å². The fourth-order valence-electron chi connectivity index (χ4n) is 6.36. The van der Waals surface area contributed by atoms with Crippen molar-refractivity contribution >= 4 is 46.1 Å². The van der Waals surface area contributed by atoms with Gasteiger partial charge in [0.25, 0.3) is 5.91 Å². The van der Waals surface area contributed by atoms with E-state index in [1.165, 1.54) is 18.1 Å². The first-order valence-corrected chi connectivity index (χ1v) is 17.4. The second kappa shape index (κ2) is 17.0. The van der Waals surface area contributed by atoms with Gasteiger partial charge in [-0.3, -0.25) is 4.79 Å². The van der Waals surface area contributed by atoms with Gasteiger partial charge in [-0.25, -0.2) is 4.98 Å². The molecular weight excluding hydrogens is 694 g/mol. The van der Waals surface area contributed by atoms with Crippen LogP contribution in [-0.4, -0.2) is 98.3 Å². The molecule has 9 nitrogen and oxygen atoms in total. The Balaban J connectivity index is 1.30. The van der Waals surface area contributed by atoms with E-state index in [1.54, 1.807) is 13.1 Å². The highest BCUT2D eigenvalue weighted by Crippen LogP contribution is 2.32. The first kappa shape index (κ1) is 37.5. The van der Waals surface area contributed by atoms with E-state index >= 15 is 0 Å². The minimum absolute atomic E-state index is 0.0375. The van der Waals surface area contributed by atoms with Crippen molar-refractivity contribution < 1.29 is 32.2 Å². The Bertz CT molecular complexity index is 1750. The zero-order valence-corrected chi connectivity index (χ0v) is 29.9. The molecule has 270 valence electrons. The van der Waals surface area contributed by atoms with Gasteiger partial charge in [0.15, 0.2) is 0 Å². The maximum atomic E-state index is 13.7. The summed E-state index contributed by atoms with van der Waals surface area (Å²) in [4.78, 5) is 24.9. The summed E-state index contributed by atoms with van der Waals surface area (Å²) in [5.74, 6) is -0.0699. The fourth-order valence-corrected chi connectivity index (χ4v) is 6.66. The predicted molar refractivity (Wildman–Crippen MR) is 190 cm³/mol. The van der Waals surface area contributed by atoms with Gasteiger partial charge >= 0.3 is 6.36 Å². The molecule has 0 aliphatic carbocycles. The molecule has 1 amide bonds. The molecule has 14 heteroatoms. The first-order chi connectivity index (χ1) is 24.0. The molecule has 0 N–H and O–H groups in total. The summed E-state index contributed by atoms with van der Waals surface area (Å²) in [7, 11) is 2.97. The molecule has 1 atom stereocenters. The van der Waals surface area contributed by atoms with E-state index in [9.17, 15) is 18.0 Å². The summed E-state index contributed by atoms with van der Waals surface area (Å²) < 4.78 is 56.1. The minimum atomic E-state index is -4.90. The van der Waals surface area contributed by atoms with Crippen LogP contribution in [0.4, 0.5) is 19.1 Å². The number of anilines is 1. The number of nitrogens with zero attached hydrogens (tertiary/aromatic N) is 5. The van der Waals surface area contributed by atoms with E-state index in [0.717, 1.165) is 73.8 Å². The van der Waals surface area contributed by atoms with Gasteiger partial charge in [-0.2, -0.15) is 0 Å². The quantitative estimate of drug-likeness (QED) is 0.123. The van der Waals surface area contributed by atoms with Crippen molar-refractivity contribution in [3.8, 4) is 11.5 Å². The number of imidazole rings is 1. The van der Waals surface area contributed by atoms with Crippen LogP contribution < -0.4 is 14.4 Å². The van der Waals surface area contributed by atoms with E-state index in [-0.39, 0.29) is 23.8 Å². The van der Waals surface area contributed by atoms with Crippen LogP contribution in [-0.2, 0) is 11.3 Å². The molecule has 4 aromatic rings. The van der Waals surface area contributed by atoms with Gasteiger partial charge in [0.1, 0.15) is 11.5 Å². The highest BCUT2D eigenvalue weighted by Gasteiger charge is 2.32. The Morgan fingerprint density at radius 3 is 2.54 bits per heavy atom. The smallest absolute Gasteiger partial charge is 0.496 e. The average molecular weight is 737 g/mol. The Kier molecular flexibility index (Phi) is 12.8. The molecule has 2 heterocycles. The summed E-state index contributed by atoms with van der Waals surface area (Å²) in [5.41, 5.74) is 2.91. The number of para-hydroxylation sites is 2. The first-order valence-electron chi connectivity index (χ1n) is 16.6. The van der Waals surface area contributed by atoms with Crippen molar-refractivity contribution in [2.24, 2.45) is 0 Å². The van der Waals surface area contributed by atoms with Crippen molar-refractivity contribution in [3.63, 3.8) is 0 Å². The number of benzene rings is 3. The molecule has 1 fully saturated rings. The highest BCUT2D eigenvalue weighted by molar-refractivity contribution is 6.42. The zero-order valence-electron chi connectivity index (χ0n) is 28.4. The third-order valence-corrected chi connectivity index (χ3v) is 9.59. The number of carbonyl (C=O) groups is 1. The third-order valence-electron chi connectivity index (χ3n) is 8.85. The van der Waals surface area contributed by atoms with Crippen LogP contribution >= 0.6 is 23.2 Å². The second-order valence-electron chi connectivity index (χ2n) is 12.2. The van der Waals surface area contributed by atoms with E-state index in [1.807, 2.05) is 37.3 Å². The monoisotopic (exact) mass is 735 g/mol. The largest absolute Gasteiger partial charge is 0.573 e. The molecule has 5 rings (SSSR count). The summed E-state index contributed by atoms with van der Waals surface area (Å²) >= 11 is 12.7. The van der Waals surface area contributed by atoms with Gasteiger partial charge in [-0.1, -0.05) is 41.4 Å². The van der Waals surface area contributed by atoms with Crippen LogP contribution in [0.15, 0.2) is 60.7 Å². The number of hydrogen-bond donors (Lipinski definition) is 0. The summed E-state index contributed by atoms with van der Waals surface area (Å²) in [6, 6.07) is 17.0. The van der Waals surface area contributed by atoms with Gasteiger partial charge in [-0.15, -0.1) is 13.2 Å². The highest BCUT2D eigenvalue weighted by atomic mass is 35.5. The van der Waals surface area contributed by atoms with Gasteiger partial charge in [0, 0.05) is 52.3 Å². The van der Waals surface area contributed by atoms with Gasteiger partial charge < -0.3 is 33.5 Å². The topological polar surface area (TPSA) is 72.3 Å². The van der Waals surface area contributed by atoms with Crippen LogP contribution in [0.1, 0.15) is 41.6 Å². The lowest BCUT2D eigenvalue weighted by Crippen LogP contribution is -2.35. The molecule has 0 radical (unpaired) electrons. The molecular formula is C36H42Cl2F3N5O4. The lowest BCUT2D eigenvalue weighted by Gasteiger charge is -2.28. The lowest BCUT2D eigenvalue weighted by atomic mass is 9.94. The van der Waals surface area contributed by atoms with Gasteiger partial charge in [-0.05, 0) is 80.9 Å². The van der Waals surface area contributed by atoms with Crippen LogP contribution in [0.5, 0.6) is 11.5 Å². The van der Waals surface area contributed by atoms with Gasteiger partial charge in [0.05, 0.1) is 40.4 Å². The maximum Gasteiger partial charge on any atom is 0.573 e. The summed E-state index contributed by atoms with van der Waals surface area (Å²) in [5, 5.41) is 0.823. The van der Waals surface area contributed by atoms with Crippen LogP contribution in [0.2, 0.25) is 10.0 Å². The molecule has 1 aromatic heterocycles. The summed E-state index contributed by atoms with van der Waals surface area (Å²) in [6.07, 6.45) is -3.26. The SMILES string of the molecule is CCOCCn1c(N2CCCN(CCC(CN(C)C(=O)c3cc(OC(F)(F)F)ccc3OC)c3ccc(Cl)c(Cl)c3)CC2)nc2ccccc21. The lowest BCUT2D eigenvalue weighted by molar-refractivity contribution is -0.274. The van der Waals surface area contributed by atoms with Crippen molar-refractivity contribution in [1.29, 1.82) is 0 Å². The van der Waals surface area contributed by atoms with E-state index in [0.29, 0.717) is 36.2 Å². The standard InChI is InChI=1S/C36H42Cl2F3N5O4/c1-4-49-21-20-46-32-9-6-5-8-31(32)42-35(46)45-16-7-15-44(18-19-45)17-14-26(25-10-12-29(37)30(38)22-25)24-43(2)34(47)28-23-27(50-36(39,40)41)11-13-33(28)48-3/h5-6,8-13,22-23,26H,4,7,14-21,24H2,1-3H3. The molecule has 0 spiro atoms. The Morgan fingerprint density at radius 1 is 1.00 bits per heavy atom.